The van der Waals surface area contributed by atoms with Gasteiger partial charge >= 0.3 is 0 Å². The summed E-state index contributed by atoms with van der Waals surface area (Å²) in [6, 6.07) is 0. The largest absolute Gasteiger partial charge is 0.328 e. The smallest absolute Gasteiger partial charge is 0.239 e. The summed E-state index contributed by atoms with van der Waals surface area (Å²) in [7, 11) is 0. The third kappa shape index (κ3) is 1.57. The molecule has 1 N–H and O–H groups in total. The molecule has 1 heterocycles. The topological polar surface area (TPSA) is 58.5 Å². The Bertz CT molecular complexity index is 202. The molecular formula is C5H6N2O2S. The van der Waals surface area contributed by atoms with Crippen LogP contribution in [-0.2, 0) is 9.59 Å². The fraction of sp³-hybridized carbons (Fsp3) is 0.400. The van der Waals surface area contributed by atoms with E-state index in [2.05, 4.69) is 10.3 Å². The average molecular weight is 158 g/mol. The van der Waals surface area contributed by atoms with E-state index in [0.29, 0.717) is 0 Å². The molecule has 54 valence electrons. The minimum atomic E-state index is -0.650. The summed E-state index contributed by atoms with van der Waals surface area (Å²) in [5, 5.41) is 2.25. The summed E-state index contributed by atoms with van der Waals surface area (Å²) in [6.45, 7) is 1.35. The maximum Gasteiger partial charge on any atom is 0.239 e. The van der Waals surface area contributed by atoms with Crippen molar-refractivity contribution < 1.29 is 9.59 Å². The molecule has 10 heavy (non-hydrogen) atoms. The van der Waals surface area contributed by atoms with Crippen LogP contribution in [0.3, 0.4) is 0 Å². The second kappa shape index (κ2) is 2.83. The van der Waals surface area contributed by atoms with Crippen LogP contribution >= 0.6 is 11.8 Å². The van der Waals surface area contributed by atoms with E-state index >= 15 is 0 Å². The van der Waals surface area contributed by atoms with Crippen LogP contribution in [0.5, 0.6) is 0 Å². The van der Waals surface area contributed by atoms with Gasteiger partial charge in [0.15, 0.2) is 6.17 Å². The highest BCUT2D eigenvalue weighted by molar-refractivity contribution is 8.25. The van der Waals surface area contributed by atoms with Gasteiger partial charge in [-0.3, -0.25) is 14.6 Å². The van der Waals surface area contributed by atoms with E-state index in [4.69, 9.17) is 0 Å². The van der Waals surface area contributed by atoms with Gasteiger partial charge in [-0.15, -0.1) is 0 Å². The standard InChI is InChI=1S/C5H6N2O2S/c1-3(8)7-4-5(9)10-2-6-4/h2,4H,1H3,(H,7,8). The lowest BCUT2D eigenvalue weighted by Gasteiger charge is -2.03. The van der Waals surface area contributed by atoms with Crippen LogP contribution in [0.25, 0.3) is 0 Å². The number of nitrogens with one attached hydrogen (secondary N) is 1. The molecule has 0 aromatic heterocycles. The summed E-state index contributed by atoms with van der Waals surface area (Å²) in [5.41, 5.74) is 1.43. The quantitative estimate of drug-likeness (QED) is 0.572. The number of aliphatic imine (C=N–C) groups is 1. The Balaban J connectivity index is 2.48. The molecule has 0 bridgehead atoms. The van der Waals surface area contributed by atoms with Crippen LogP contribution in [0, 0.1) is 0 Å². The van der Waals surface area contributed by atoms with Crippen molar-refractivity contribution in [2.75, 3.05) is 0 Å². The maximum absolute atomic E-state index is 10.7. The lowest BCUT2D eigenvalue weighted by molar-refractivity contribution is -0.122. The van der Waals surface area contributed by atoms with Gasteiger partial charge in [-0.05, 0) is 11.8 Å². The maximum atomic E-state index is 10.7. The first-order valence-electron chi connectivity index (χ1n) is 2.69. The Morgan fingerprint density at radius 1 is 1.90 bits per heavy atom. The Morgan fingerprint density at radius 2 is 2.60 bits per heavy atom. The second-order valence-electron chi connectivity index (χ2n) is 1.79. The number of rotatable bonds is 1. The van der Waals surface area contributed by atoms with Crippen LogP contribution in [0.4, 0.5) is 0 Å². The monoisotopic (exact) mass is 158 g/mol. The highest BCUT2D eigenvalue weighted by atomic mass is 32.2. The first kappa shape index (κ1) is 7.27. The molecule has 1 amide bonds. The minimum Gasteiger partial charge on any atom is -0.328 e. The van der Waals surface area contributed by atoms with Crippen molar-refractivity contribution in [1.29, 1.82) is 0 Å². The second-order valence-corrected chi connectivity index (χ2v) is 2.64. The number of carbonyl (C=O) groups is 2. The molecule has 0 aromatic carbocycles. The third-order valence-corrected chi connectivity index (χ3v) is 1.62. The summed E-state index contributed by atoms with van der Waals surface area (Å²) in [5.74, 6) is -0.238. The van der Waals surface area contributed by atoms with Gasteiger partial charge in [0.2, 0.25) is 11.0 Å². The van der Waals surface area contributed by atoms with E-state index in [1.165, 1.54) is 12.5 Å². The summed E-state index contributed by atoms with van der Waals surface area (Å²) in [6.07, 6.45) is -0.650. The molecule has 1 rings (SSSR count). The molecule has 0 aliphatic carbocycles. The SMILES string of the molecule is CC(=O)NC1N=CSC1=O. The first-order valence-corrected chi connectivity index (χ1v) is 3.57. The molecule has 4 nitrogen and oxygen atoms in total. The van der Waals surface area contributed by atoms with Gasteiger partial charge in [0, 0.05) is 6.92 Å². The fourth-order valence-corrected chi connectivity index (χ4v) is 1.09. The van der Waals surface area contributed by atoms with Gasteiger partial charge in [-0.25, -0.2) is 0 Å². The molecular weight excluding hydrogens is 152 g/mol. The molecule has 1 unspecified atom stereocenters. The van der Waals surface area contributed by atoms with E-state index in [-0.39, 0.29) is 11.0 Å². The van der Waals surface area contributed by atoms with Gasteiger partial charge in [0.25, 0.3) is 0 Å². The molecule has 0 saturated carbocycles. The van der Waals surface area contributed by atoms with Gasteiger partial charge in [-0.2, -0.15) is 0 Å². The number of thioether (sulfide) groups is 1. The Kier molecular flexibility index (Phi) is 2.06. The molecule has 0 radical (unpaired) electrons. The zero-order chi connectivity index (χ0) is 7.56. The lowest BCUT2D eigenvalue weighted by atomic mass is 10.5. The molecule has 0 aromatic rings. The molecule has 1 aliphatic rings. The third-order valence-electron chi connectivity index (χ3n) is 0.942. The first-order chi connectivity index (χ1) is 4.70. The fourth-order valence-electron chi connectivity index (χ4n) is 0.557. The predicted octanol–water partition coefficient (Wildman–Crippen LogP) is -0.250. The van der Waals surface area contributed by atoms with E-state index in [0.717, 1.165) is 11.8 Å². The summed E-state index contributed by atoms with van der Waals surface area (Å²) < 4.78 is 0. The van der Waals surface area contributed by atoms with Gasteiger partial charge < -0.3 is 5.32 Å². The van der Waals surface area contributed by atoms with Crippen molar-refractivity contribution >= 4 is 28.3 Å². The van der Waals surface area contributed by atoms with Crippen LogP contribution in [0.15, 0.2) is 4.99 Å². The number of hydrogen-bond acceptors (Lipinski definition) is 4. The van der Waals surface area contributed by atoms with Gasteiger partial charge in [0.05, 0.1) is 5.55 Å². The zero-order valence-corrected chi connectivity index (χ0v) is 6.14. The van der Waals surface area contributed by atoms with Crippen LogP contribution in [-0.4, -0.2) is 22.7 Å². The average Bonchev–Trinajstić information content (AvgIpc) is 2.15. The Labute approximate surface area is 62.1 Å². The number of nitrogens with zero attached hydrogens (tertiary/aromatic N) is 1. The highest BCUT2D eigenvalue weighted by Gasteiger charge is 2.21. The summed E-state index contributed by atoms with van der Waals surface area (Å²) >= 11 is 1.00. The molecule has 0 saturated heterocycles. The predicted molar refractivity (Wildman–Crippen MR) is 38.7 cm³/mol. The molecule has 1 aliphatic heterocycles. The molecule has 5 heteroatoms. The molecule has 0 fully saturated rings. The number of amides is 1. The van der Waals surface area contributed by atoms with E-state index in [1.54, 1.807) is 0 Å². The molecule has 0 spiro atoms. The normalized spacial score (nSPS) is 23.3. The van der Waals surface area contributed by atoms with Crippen LogP contribution in [0.2, 0.25) is 0 Å². The number of carbonyl (C=O) groups excluding carboxylic acids is 2. The number of hydrogen-bond donors (Lipinski definition) is 1. The highest BCUT2D eigenvalue weighted by Crippen LogP contribution is 2.10. The Morgan fingerprint density at radius 3 is 3.00 bits per heavy atom. The van der Waals surface area contributed by atoms with Crippen LogP contribution in [0.1, 0.15) is 6.92 Å². The van der Waals surface area contributed by atoms with Crippen molar-refractivity contribution in [2.24, 2.45) is 4.99 Å². The lowest BCUT2D eigenvalue weighted by Crippen LogP contribution is -2.34. The Hall–Kier alpha value is -0.840. The van der Waals surface area contributed by atoms with Crippen LogP contribution < -0.4 is 5.32 Å². The molecule has 1 atom stereocenters. The van der Waals surface area contributed by atoms with Crippen molar-refractivity contribution in [1.82, 2.24) is 5.32 Å². The minimum absolute atomic E-state index is 0.129. The van der Waals surface area contributed by atoms with E-state index in [9.17, 15) is 9.59 Å². The van der Waals surface area contributed by atoms with Crippen molar-refractivity contribution in [2.45, 2.75) is 13.1 Å². The van der Waals surface area contributed by atoms with Gasteiger partial charge in [-0.1, -0.05) is 0 Å². The summed E-state index contributed by atoms with van der Waals surface area (Å²) in [4.78, 5) is 24.8. The zero-order valence-electron chi connectivity index (χ0n) is 5.33. The van der Waals surface area contributed by atoms with Crippen molar-refractivity contribution in [3.63, 3.8) is 0 Å². The van der Waals surface area contributed by atoms with Gasteiger partial charge in [0.1, 0.15) is 0 Å². The van der Waals surface area contributed by atoms with Crippen molar-refractivity contribution in [3.8, 4) is 0 Å². The van der Waals surface area contributed by atoms with E-state index < -0.39 is 6.17 Å². The van der Waals surface area contributed by atoms with E-state index in [1.807, 2.05) is 0 Å². The van der Waals surface area contributed by atoms with Crippen molar-refractivity contribution in [3.05, 3.63) is 0 Å².